The van der Waals surface area contributed by atoms with E-state index in [2.05, 4.69) is 0 Å². The summed E-state index contributed by atoms with van der Waals surface area (Å²) in [5.74, 6) is -5.41. The number of carbonyl (C=O) groups excluding carboxylic acids is 4. The van der Waals surface area contributed by atoms with Crippen molar-refractivity contribution in [3.63, 3.8) is 0 Å². The minimum absolute atomic E-state index is 0.00407. The number of aryl methyl sites for hydroxylation is 1. The highest BCUT2D eigenvalue weighted by Gasteiger charge is 2.39. The normalized spacial score (nSPS) is 15.2. The Morgan fingerprint density at radius 1 is 0.550 bits per heavy atom. The predicted molar refractivity (Wildman–Crippen MR) is 144 cm³/mol. The first kappa shape index (κ1) is 24.5. The van der Waals surface area contributed by atoms with Gasteiger partial charge >= 0.3 is 0 Å². The van der Waals surface area contributed by atoms with Gasteiger partial charge in [0.1, 0.15) is 17.5 Å². The van der Waals surface area contributed by atoms with Gasteiger partial charge in [-0.05, 0) is 55.5 Å². The van der Waals surface area contributed by atoms with Crippen LogP contribution in [0.3, 0.4) is 0 Å². The number of fused-ring (bicyclic) bond motifs is 2. The summed E-state index contributed by atoms with van der Waals surface area (Å²) in [7, 11) is 0. The van der Waals surface area contributed by atoms with E-state index in [1.807, 2.05) is 6.92 Å². The molecule has 5 aromatic carbocycles. The largest absolute Gasteiger partial charge is 0.275 e. The third-order valence-electron chi connectivity index (χ3n) is 8.32. The quantitative estimate of drug-likeness (QED) is 0.148. The van der Waals surface area contributed by atoms with Crippen LogP contribution in [-0.4, -0.2) is 46.5 Å². The van der Waals surface area contributed by atoms with Crippen molar-refractivity contribution in [1.29, 1.82) is 0 Å². The maximum atomic E-state index is 16.1. The van der Waals surface area contributed by atoms with Crippen molar-refractivity contribution in [1.82, 2.24) is 9.80 Å². The van der Waals surface area contributed by atoms with Crippen molar-refractivity contribution < 1.29 is 32.3 Å². The van der Waals surface area contributed by atoms with Crippen molar-refractivity contribution in [2.75, 3.05) is 13.1 Å². The van der Waals surface area contributed by atoms with E-state index >= 15 is 13.2 Å². The van der Waals surface area contributed by atoms with E-state index in [-0.39, 0.29) is 78.4 Å². The molecule has 2 aliphatic heterocycles. The lowest BCUT2D eigenvalue weighted by molar-refractivity contribution is 0.0597. The second-order valence-electron chi connectivity index (χ2n) is 10.4. The second kappa shape index (κ2) is 8.00. The molecule has 2 heterocycles. The van der Waals surface area contributed by atoms with Crippen LogP contribution in [0.2, 0.25) is 0 Å². The van der Waals surface area contributed by atoms with Crippen LogP contribution in [-0.2, 0) is 0 Å². The number of nitrogens with zero attached hydrogens (tertiary/aromatic N) is 2. The highest BCUT2D eigenvalue weighted by molar-refractivity contribution is 6.42. The Morgan fingerprint density at radius 3 is 1.40 bits per heavy atom. The van der Waals surface area contributed by atoms with Crippen LogP contribution in [0.5, 0.6) is 0 Å². The Bertz CT molecular complexity index is 1930. The summed E-state index contributed by atoms with van der Waals surface area (Å²) < 4.78 is 48.3. The number of halogens is 3. The van der Waals surface area contributed by atoms with Gasteiger partial charge < -0.3 is 0 Å². The van der Waals surface area contributed by atoms with E-state index < -0.39 is 41.1 Å². The van der Waals surface area contributed by atoms with Gasteiger partial charge in [0.05, 0.1) is 16.7 Å². The van der Waals surface area contributed by atoms with Crippen LogP contribution in [0.25, 0.3) is 43.1 Å². The summed E-state index contributed by atoms with van der Waals surface area (Å²) in [4.78, 5) is 55.3. The summed E-state index contributed by atoms with van der Waals surface area (Å²) in [6.07, 6.45) is 1.30. The average Bonchev–Trinajstić information content (AvgIpc) is 2.92. The summed E-state index contributed by atoms with van der Waals surface area (Å²) >= 11 is 0. The van der Waals surface area contributed by atoms with Gasteiger partial charge in [-0.15, -0.1) is 0 Å². The van der Waals surface area contributed by atoms with E-state index in [1.54, 1.807) is 19.9 Å². The molecule has 200 valence electrons. The maximum absolute atomic E-state index is 16.1. The highest BCUT2D eigenvalue weighted by Crippen LogP contribution is 2.49. The van der Waals surface area contributed by atoms with Crippen molar-refractivity contribution in [3.8, 4) is 0 Å². The van der Waals surface area contributed by atoms with E-state index in [9.17, 15) is 19.2 Å². The van der Waals surface area contributed by atoms with Gasteiger partial charge in [0.25, 0.3) is 23.6 Å². The number of amides is 4. The molecule has 5 aromatic rings. The monoisotopic (exact) mass is 542 g/mol. The molecule has 0 saturated heterocycles. The van der Waals surface area contributed by atoms with Crippen LogP contribution < -0.4 is 0 Å². The third-order valence-corrected chi connectivity index (χ3v) is 8.32. The van der Waals surface area contributed by atoms with E-state index in [1.165, 1.54) is 0 Å². The molecule has 2 aliphatic rings. The molecule has 0 atom stereocenters. The third kappa shape index (κ3) is 2.74. The van der Waals surface area contributed by atoms with E-state index in [0.717, 1.165) is 34.4 Å². The molecule has 0 unspecified atom stereocenters. The fourth-order valence-corrected chi connectivity index (χ4v) is 6.61. The molecular formula is C31H21F3N2O4. The first-order valence-electron chi connectivity index (χ1n) is 13.1. The predicted octanol–water partition coefficient (Wildman–Crippen LogP) is 6.47. The molecule has 4 amide bonds. The Hall–Kier alpha value is -4.53. The zero-order valence-electron chi connectivity index (χ0n) is 21.8. The second-order valence-corrected chi connectivity index (χ2v) is 10.4. The van der Waals surface area contributed by atoms with Crippen LogP contribution in [0.15, 0.2) is 24.3 Å². The summed E-state index contributed by atoms with van der Waals surface area (Å²) in [6.45, 7) is 5.29. The van der Waals surface area contributed by atoms with Gasteiger partial charge in [0.2, 0.25) is 0 Å². The maximum Gasteiger partial charge on any atom is 0.261 e. The Morgan fingerprint density at radius 2 is 0.950 bits per heavy atom. The fourth-order valence-electron chi connectivity index (χ4n) is 6.61. The molecular weight excluding hydrogens is 521 g/mol. The molecule has 7 rings (SSSR count). The average molecular weight is 543 g/mol. The molecule has 0 aliphatic carbocycles. The van der Waals surface area contributed by atoms with Gasteiger partial charge in [-0.3, -0.25) is 29.0 Å². The highest BCUT2D eigenvalue weighted by atomic mass is 19.1. The molecule has 40 heavy (non-hydrogen) atoms. The van der Waals surface area contributed by atoms with Crippen LogP contribution >= 0.6 is 0 Å². The molecule has 0 radical (unpaired) electrons. The van der Waals surface area contributed by atoms with Crippen LogP contribution in [0, 0.1) is 24.4 Å². The standard InChI is InChI=1S/C31H21F3N2O4/c1-4-6-7-36-30(39)13-8-12(3)20-23-17(32)9-14-22-15(29(38)35(5-2)28(14)37)10-19(34)25(27(22)23)24-18(33)11-16(31(36)40)21(13)26(20)24/h8-11H,4-7H2,1-3H3. The SMILES string of the molecule is CCCCN1C(=O)c2cc(C)c3c4c(F)cc5c6c(cc(F)c(c7c(F)cc(c2c37)C1=O)c64)C(=O)N(CC)C5=O. The molecule has 9 heteroatoms. The number of hydrogen-bond donors (Lipinski definition) is 0. The molecule has 0 bridgehead atoms. The Kier molecular flexibility index (Phi) is 4.90. The van der Waals surface area contributed by atoms with Crippen molar-refractivity contribution >= 4 is 66.7 Å². The number of imide groups is 2. The number of benzene rings is 5. The van der Waals surface area contributed by atoms with E-state index in [4.69, 9.17) is 0 Å². The fraction of sp³-hybridized carbons (Fsp3) is 0.226. The lowest BCUT2D eigenvalue weighted by atomic mass is 9.80. The van der Waals surface area contributed by atoms with Crippen molar-refractivity contribution in [3.05, 3.63) is 69.5 Å². The molecule has 6 nitrogen and oxygen atoms in total. The van der Waals surface area contributed by atoms with Gasteiger partial charge in [-0.25, -0.2) is 13.2 Å². The molecule has 0 saturated carbocycles. The number of rotatable bonds is 4. The minimum Gasteiger partial charge on any atom is -0.275 e. The summed E-state index contributed by atoms with van der Waals surface area (Å²) in [5.41, 5.74) is 0.285. The van der Waals surface area contributed by atoms with Crippen LogP contribution in [0.1, 0.15) is 73.7 Å². The Labute approximate surface area is 225 Å². The summed E-state index contributed by atoms with van der Waals surface area (Å²) in [6, 6.07) is 4.52. The first-order valence-corrected chi connectivity index (χ1v) is 13.1. The molecule has 0 fully saturated rings. The first-order chi connectivity index (χ1) is 19.1. The number of unbranched alkanes of at least 4 members (excludes halogenated alkanes) is 1. The Balaban J connectivity index is 1.74. The smallest absolute Gasteiger partial charge is 0.261 e. The lowest BCUT2D eigenvalue weighted by Gasteiger charge is -2.30. The summed E-state index contributed by atoms with van der Waals surface area (Å²) in [5, 5.41) is -0.236. The van der Waals surface area contributed by atoms with E-state index in [0.29, 0.717) is 12.0 Å². The zero-order valence-corrected chi connectivity index (χ0v) is 21.8. The van der Waals surface area contributed by atoms with Crippen LogP contribution in [0.4, 0.5) is 13.2 Å². The van der Waals surface area contributed by atoms with Crippen molar-refractivity contribution in [2.45, 2.75) is 33.6 Å². The van der Waals surface area contributed by atoms with Gasteiger partial charge in [-0.2, -0.15) is 0 Å². The topological polar surface area (TPSA) is 74.8 Å². The molecule has 0 N–H and O–H groups in total. The number of hydrogen-bond acceptors (Lipinski definition) is 4. The minimum atomic E-state index is -0.972. The number of carbonyl (C=O) groups is 4. The van der Waals surface area contributed by atoms with Gasteiger partial charge in [-0.1, -0.05) is 13.3 Å². The van der Waals surface area contributed by atoms with Gasteiger partial charge in [0, 0.05) is 56.4 Å². The zero-order chi connectivity index (χ0) is 28.4. The van der Waals surface area contributed by atoms with Crippen molar-refractivity contribution in [2.24, 2.45) is 0 Å². The lowest BCUT2D eigenvalue weighted by Crippen LogP contribution is -2.41. The molecule has 0 spiro atoms. The molecule has 0 aromatic heterocycles. The van der Waals surface area contributed by atoms with Gasteiger partial charge in [0.15, 0.2) is 0 Å².